The number of nitrogens with one attached hydrogen (secondary N) is 2. The SMILES string of the molecule is COc1ccc(-n2c(=S)[nH]c3cc(C(=O)NCc4ccccc4Cl)ccc3c2=O)cc1. The molecule has 0 bridgehead atoms. The summed E-state index contributed by atoms with van der Waals surface area (Å²) >= 11 is 11.5. The lowest BCUT2D eigenvalue weighted by molar-refractivity contribution is 0.0951. The predicted molar refractivity (Wildman–Crippen MR) is 124 cm³/mol. The van der Waals surface area contributed by atoms with Crippen molar-refractivity contribution >= 4 is 40.6 Å². The molecule has 1 heterocycles. The molecule has 4 aromatic rings. The van der Waals surface area contributed by atoms with Gasteiger partial charge in [0.25, 0.3) is 11.5 Å². The van der Waals surface area contributed by atoms with E-state index in [1.165, 1.54) is 4.57 Å². The van der Waals surface area contributed by atoms with Crippen LogP contribution < -0.4 is 15.6 Å². The highest BCUT2D eigenvalue weighted by Crippen LogP contribution is 2.17. The van der Waals surface area contributed by atoms with Gasteiger partial charge in [-0.1, -0.05) is 29.8 Å². The standard InChI is InChI=1S/C23H18ClN3O3S/c1-30-17-9-7-16(8-10-17)27-22(29)18-11-6-14(12-20(18)26-23(27)31)21(28)25-13-15-4-2-3-5-19(15)24/h2-12H,13H2,1H3,(H,25,28)(H,26,31). The first kappa shape index (κ1) is 20.8. The molecular formula is C23H18ClN3O3S. The van der Waals surface area contributed by atoms with Crippen molar-refractivity contribution in [1.29, 1.82) is 0 Å². The number of amides is 1. The van der Waals surface area contributed by atoms with E-state index < -0.39 is 0 Å². The average Bonchev–Trinajstić information content (AvgIpc) is 2.78. The lowest BCUT2D eigenvalue weighted by Gasteiger charge is -2.10. The van der Waals surface area contributed by atoms with Crippen LogP contribution in [0, 0.1) is 4.77 Å². The van der Waals surface area contributed by atoms with Crippen LogP contribution in [-0.2, 0) is 6.54 Å². The van der Waals surface area contributed by atoms with Crippen molar-refractivity contribution in [3.8, 4) is 11.4 Å². The highest BCUT2D eigenvalue weighted by Gasteiger charge is 2.12. The molecule has 0 aliphatic heterocycles. The van der Waals surface area contributed by atoms with Crippen LogP contribution in [0.1, 0.15) is 15.9 Å². The fourth-order valence-corrected chi connectivity index (χ4v) is 3.75. The maximum absolute atomic E-state index is 13.1. The number of fused-ring (bicyclic) bond motifs is 1. The number of halogens is 1. The molecule has 0 saturated carbocycles. The van der Waals surface area contributed by atoms with E-state index in [-0.39, 0.29) is 16.2 Å². The Bertz CT molecular complexity index is 1390. The zero-order valence-corrected chi connectivity index (χ0v) is 18.1. The Morgan fingerprint density at radius 2 is 1.87 bits per heavy atom. The number of carbonyl (C=O) groups is 1. The summed E-state index contributed by atoms with van der Waals surface area (Å²) < 4.78 is 6.80. The van der Waals surface area contributed by atoms with Gasteiger partial charge in [-0.25, -0.2) is 0 Å². The zero-order chi connectivity index (χ0) is 22.0. The normalized spacial score (nSPS) is 10.8. The van der Waals surface area contributed by atoms with Crippen molar-refractivity contribution in [2.75, 3.05) is 7.11 Å². The quantitative estimate of drug-likeness (QED) is 0.433. The van der Waals surface area contributed by atoms with E-state index in [0.29, 0.717) is 39.5 Å². The van der Waals surface area contributed by atoms with E-state index in [2.05, 4.69) is 10.3 Å². The second-order valence-corrected chi connectivity index (χ2v) is 7.60. The van der Waals surface area contributed by atoms with Crippen molar-refractivity contribution in [3.63, 3.8) is 0 Å². The van der Waals surface area contributed by atoms with Crippen molar-refractivity contribution < 1.29 is 9.53 Å². The van der Waals surface area contributed by atoms with Crippen LogP contribution in [0.4, 0.5) is 0 Å². The molecule has 0 spiro atoms. The first-order valence-corrected chi connectivity index (χ1v) is 10.2. The number of carbonyl (C=O) groups excluding carboxylic acids is 1. The number of rotatable bonds is 5. The molecule has 4 rings (SSSR count). The summed E-state index contributed by atoms with van der Waals surface area (Å²) in [6.45, 7) is 0.297. The van der Waals surface area contributed by atoms with Crippen LogP contribution in [0.3, 0.4) is 0 Å². The maximum atomic E-state index is 13.1. The van der Waals surface area contributed by atoms with Gasteiger partial charge >= 0.3 is 0 Å². The number of ether oxygens (including phenoxy) is 1. The van der Waals surface area contributed by atoms with Gasteiger partial charge in [0.1, 0.15) is 5.75 Å². The van der Waals surface area contributed by atoms with E-state index in [4.69, 9.17) is 28.6 Å². The molecule has 1 aromatic heterocycles. The van der Waals surface area contributed by atoms with Gasteiger partial charge in [-0.2, -0.15) is 0 Å². The number of benzene rings is 3. The second-order valence-electron chi connectivity index (χ2n) is 6.80. The van der Waals surface area contributed by atoms with Gasteiger partial charge < -0.3 is 15.0 Å². The van der Waals surface area contributed by atoms with E-state index in [9.17, 15) is 9.59 Å². The highest BCUT2D eigenvalue weighted by molar-refractivity contribution is 7.71. The Morgan fingerprint density at radius 1 is 1.13 bits per heavy atom. The molecule has 0 radical (unpaired) electrons. The van der Waals surface area contributed by atoms with E-state index in [0.717, 1.165) is 5.56 Å². The average molecular weight is 452 g/mol. The molecule has 0 atom stereocenters. The molecule has 6 nitrogen and oxygen atoms in total. The van der Waals surface area contributed by atoms with Crippen molar-refractivity contribution in [2.45, 2.75) is 6.54 Å². The van der Waals surface area contributed by atoms with E-state index >= 15 is 0 Å². The van der Waals surface area contributed by atoms with Crippen LogP contribution in [-0.4, -0.2) is 22.6 Å². The number of aromatic amines is 1. The molecule has 3 aromatic carbocycles. The number of H-pyrrole nitrogens is 1. The fraction of sp³-hybridized carbons (Fsp3) is 0.0870. The fourth-order valence-electron chi connectivity index (χ4n) is 3.24. The largest absolute Gasteiger partial charge is 0.497 e. The summed E-state index contributed by atoms with van der Waals surface area (Å²) in [5.41, 5.74) is 2.07. The molecule has 1 amide bonds. The van der Waals surface area contributed by atoms with Crippen LogP contribution >= 0.6 is 23.8 Å². The van der Waals surface area contributed by atoms with Crippen LogP contribution in [0.15, 0.2) is 71.5 Å². The molecule has 156 valence electrons. The molecule has 0 aliphatic carbocycles. The number of aromatic nitrogens is 2. The Balaban J connectivity index is 1.65. The number of nitrogens with zero attached hydrogens (tertiary/aromatic N) is 1. The Hall–Kier alpha value is -3.42. The third kappa shape index (κ3) is 4.23. The Labute approximate surface area is 188 Å². The molecule has 2 N–H and O–H groups in total. The van der Waals surface area contributed by atoms with Crippen LogP contribution in [0.2, 0.25) is 5.02 Å². The summed E-state index contributed by atoms with van der Waals surface area (Å²) in [7, 11) is 1.58. The first-order chi connectivity index (χ1) is 15.0. The third-order valence-electron chi connectivity index (χ3n) is 4.89. The second kappa shape index (κ2) is 8.75. The topological polar surface area (TPSA) is 76.1 Å². The molecule has 31 heavy (non-hydrogen) atoms. The van der Waals surface area contributed by atoms with Crippen molar-refractivity contribution in [1.82, 2.24) is 14.9 Å². The van der Waals surface area contributed by atoms with Gasteiger partial charge in [-0.05, 0) is 66.3 Å². The molecule has 8 heteroatoms. The molecular weight excluding hydrogens is 434 g/mol. The Kier molecular flexibility index (Phi) is 5.88. The number of methoxy groups -OCH3 is 1. The lowest BCUT2D eigenvalue weighted by Crippen LogP contribution is -2.24. The molecule has 0 aliphatic rings. The smallest absolute Gasteiger partial charge is 0.266 e. The van der Waals surface area contributed by atoms with E-state index in [1.807, 2.05) is 18.2 Å². The molecule has 0 unspecified atom stereocenters. The minimum absolute atomic E-state index is 0.233. The molecule has 0 fully saturated rings. The van der Waals surface area contributed by atoms with Gasteiger partial charge in [-0.3, -0.25) is 14.2 Å². The van der Waals surface area contributed by atoms with Gasteiger partial charge in [0.2, 0.25) is 0 Å². The minimum atomic E-state index is -0.277. The first-order valence-electron chi connectivity index (χ1n) is 9.43. The van der Waals surface area contributed by atoms with Crippen molar-refractivity contribution in [3.05, 3.63) is 98.0 Å². The predicted octanol–water partition coefficient (Wildman–Crippen LogP) is 4.64. The maximum Gasteiger partial charge on any atom is 0.266 e. The lowest BCUT2D eigenvalue weighted by atomic mass is 10.1. The van der Waals surface area contributed by atoms with Gasteiger partial charge in [0, 0.05) is 17.1 Å². The summed E-state index contributed by atoms with van der Waals surface area (Å²) in [4.78, 5) is 28.7. The summed E-state index contributed by atoms with van der Waals surface area (Å²) in [5.74, 6) is 0.403. The minimum Gasteiger partial charge on any atom is -0.497 e. The highest BCUT2D eigenvalue weighted by atomic mass is 35.5. The monoisotopic (exact) mass is 451 g/mol. The van der Waals surface area contributed by atoms with Gasteiger partial charge in [0.05, 0.1) is 23.7 Å². The number of hydrogen-bond donors (Lipinski definition) is 2. The third-order valence-corrected chi connectivity index (χ3v) is 5.54. The van der Waals surface area contributed by atoms with Crippen molar-refractivity contribution in [2.24, 2.45) is 0 Å². The van der Waals surface area contributed by atoms with Crippen LogP contribution in [0.25, 0.3) is 16.6 Å². The molecule has 0 saturated heterocycles. The summed E-state index contributed by atoms with van der Waals surface area (Å²) in [6, 6.07) is 19.2. The van der Waals surface area contributed by atoms with Crippen LogP contribution in [0.5, 0.6) is 5.75 Å². The summed E-state index contributed by atoms with van der Waals surface area (Å²) in [5, 5.41) is 3.85. The zero-order valence-electron chi connectivity index (χ0n) is 16.5. The van der Waals surface area contributed by atoms with Gasteiger partial charge in [-0.15, -0.1) is 0 Å². The van der Waals surface area contributed by atoms with Gasteiger partial charge in [0.15, 0.2) is 4.77 Å². The van der Waals surface area contributed by atoms with E-state index in [1.54, 1.807) is 55.6 Å². The number of hydrogen-bond acceptors (Lipinski definition) is 4. The summed E-state index contributed by atoms with van der Waals surface area (Å²) in [6.07, 6.45) is 0. The Morgan fingerprint density at radius 3 is 2.58 bits per heavy atom.